The number of anilines is 1. The molecule has 3 nitrogen and oxygen atoms in total. The van der Waals surface area contributed by atoms with E-state index in [1.807, 2.05) is 24.3 Å². The van der Waals surface area contributed by atoms with Gasteiger partial charge in [0.1, 0.15) is 5.82 Å². The first-order valence-electron chi connectivity index (χ1n) is 6.68. The lowest BCUT2D eigenvalue weighted by Gasteiger charge is -2.23. The quantitative estimate of drug-likeness (QED) is 0.924. The molecule has 0 saturated carbocycles. The number of hydrogen-bond donors (Lipinski definition) is 1. The predicted molar refractivity (Wildman–Crippen MR) is 80.7 cm³/mol. The smallest absolute Gasteiger partial charge is 0.241 e. The number of benzene rings is 2. The number of amides is 1. The van der Waals surface area contributed by atoms with Crippen molar-refractivity contribution in [1.82, 2.24) is 5.32 Å². The van der Waals surface area contributed by atoms with Crippen molar-refractivity contribution in [2.75, 3.05) is 11.4 Å². The van der Waals surface area contributed by atoms with Gasteiger partial charge in [-0.1, -0.05) is 35.9 Å². The average molecular weight is 305 g/mol. The molecule has 0 aromatic heterocycles. The fraction of sp³-hybridized carbons (Fsp3) is 0.188. The molecule has 2 aromatic carbocycles. The molecule has 0 unspecified atom stereocenters. The van der Waals surface area contributed by atoms with Crippen molar-refractivity contribution in [2.24, 2.45) is 0 Å². The van der Waals surface area contributed by atoms with Crippen LogP contribution in [0.4, 0.5) is 10.1 Å². The molecule has 1 N–H and O–H groups in total. The number of carbonyl (C=O) groups is 1. The highest BCUT2D eigenvalue weighted by Crippen LogP contribution is 2.27. The zero-order valence-electron chi connectivity index (χ0n) is 11.3. The summed E-state index contributed by atoms with van der Waals surface area (Å²) < 4.78 is 13.1. The van der Waals surface area contributed by atoms with Crippen LogP contribution in [0.25, 0.3) is 0 Å². The topological polar surface area (TPSA) is 32.3 Å². The van der Waals surface area contributed by atoms with E-state index in [4.69, 9.17) is 11.6 Å². The van der Waals surface area contributed by atoms with Gasteiger partial charge in [0.15, 0.2) is 0 Å². The molecule has 0 fully saturated rings. The maximum absolute atomic E-state index is 13.1. The Morgan fingerprint density at radius 2 is 2.00 bits per heavy atom. The number of carbonyl (C=O) groups excluding carboxylic acids is 1. The van der Waals surface area contributed by atoms with Gasteiger partial charge < -0.3 is 10.2 Å². The third-order valence-corrected chi connectivity index (χ3v) is 3.87. The Hall–Kier alpha value is -1.91. The first kappa shape index (κ1) is 14.0. The predicted octanol–water partition coefficient (Wildman–Crippen LogP) is 3.12. The second-order valence-corrected chi connectivity index (χ2v) is 5.36. The van der Waals surface area contributed by atoms with Crippen molar-refractivity contribution in [1.29, 1.82) is 0 Å². The van der Waals surface area contributed by atoms with Crippen LogP contribution in [-0.2, 0) is 17.9 Å². The Morgan fingerprint density at radius 1 is 1.19 bits per heavy atom. The van der Waals surface area contributed by atoms with Gasteiger partial charge in [-0.15, -0.1) is 0 Å². The minimum Gasteiger partial charge on any atom is -0.307 e. The van der Waals surface area contributed by atoms with Crippen molar-refractivity contribution in [3.63, 3.8) is 0 Å². The molecule has 0 bridgehead atoms. The number of halogens is 2. The van der Waals surface area contributed by atoms with Gasteiger partial charge in [0.2, 0.25) is 5.91 Å². The molecule has 0 aliphatic carbocycles. The second-order valence-electron chi connectivity index (χ2n) is 4.95. The summed E-state index contributed by atoms with van der Waals surface area (Å²) in [6, 6.07) is 12.0. The van der Waals surface area contributed by atoms with Crippen LogP contribution < -0.4 is 10.2 Å². The summed E-state index contributed by atoms with van der Waals surface area (Å²) in [5, 5.41) is 3.44. The first-order chi connectivity index (χ1) is 10.1. The summed E-state index contributed by atoms with van der Waals surface area (Å²) in [6.07, 6.45) is 0. The van der Waals surface area contributed by atoms with Gasteiger partial charge in [-0.3, -0.25) is 4.79 Å². The molecule has 5 heteroatoms. The molecule has 1 heterocycles. The van der Waals surface area contributed by atoms with Crippen LogP contribution in [0.5, 0.6) is 0 Å². The van der Waals surface area contributed by atoms with Crippen LogP contribution in [0.15, 0.2) is 42.5 Å². The third kappa shape index (κ3) is 2.91. The summed E-state index contributed by atoms with van der Waals surface area (Å²) in [6.45, 7) is 1.25. The molecule has 1 aliphatic heterocycles. The summed E-state index contributed by atoms with van der Waals surface area (Å²) in [4.78, 5) is 14.0. The molecule has 1 amide bonds. The van der Waals surface area contributed by atoms with Crippen molar-refractivity contribution in [2.45, 2.75) is 13.1 Å². The van der Waals surface area contributed by atoms with Crippen LogP contribution in [0.1, 0.15) is 11.1 Å². The number of nitrogens with one attached hydrogen (secondary N) is 1. The Bertz CT molecular complexity index is 690. The maximum atomic E-state index is 13.1. The largest absolute Gasteiger partial charge is 0.307 e. The average Bonchev–Trinajstić information content (AvgIpc) is 2.62. The second kappa shape index (κ2) is 5.84. The van der Waals surface area contributed by atoms with Gasteiger partial charge in [0, 0.05) is 17.3 Å². The van der Waals surface area contributed by atoms with E-state index in [-0.39, 0.29) is 18.3 Å². The molecular weight excluding hydrogens is 291 g/mol. The van der Waals surface area contributed by atoms with Crippen molar-refractivity contribution in [3.05, 3.63) is 64.4 Å². The molecule has 108 valence electrons. The molecule has 0 radical (unpaired) electrons. The van der Waals surface area contributed by atoms with E-state index in [0.717, 1.165) is 16.8 Å². The monoisotopic (exact) mass is 304 g/mol. The third-order valence-electron chi connectivity index (χ3n) is 3.52. The van der Waals surface area contributed by atoms with E-state index in [1.165, 1.54) is 12.1 Å². The van der Waals surface area contributed by atoms with Crippen molar-refractivity contribution >= 4 is 23.2 Å². The van der Waals surface area contributed by atoms with Crippen molar-refractivity contribution in [3.8, 4) is 0 Å². The zero-order chi connectivity index (χ0) is 14.8. The van der Waals surface area contributed by atoms with E-state index < -0.39 is 0 Å². The van der Waals surface area contributed by atoms with Crippen LogP contribution >= 0.6 is 11.6 Å². The van der Waals surface area contributed by atoms with E-state index in [1.54, 1.807) is 11.0 Å². The molecule has 1 aliphatic rings. The van der Waals surface area contributed by atoms with E-state index >= 15 is 0 Å². The fourth-order valence-corrected chi connectivity index (χ4v) is 2.68. The summed E-state index contributed by atoms with van der Waals surface area (Å²) in [5.41, 5.74) is 2.65. The number of hydrogen-bond acceptors (Lipinski definition) is 2. The van der Waals surface area contributed by atoms with E-state index in [0.29, 0.717) is 18.1 Å². The van der Waals surface area contributed by atoms with Gasteiger partial charge in [0.25, 0.3) is 0 Å². The number of para-hydroxylation sites is 1. The molecular formula is C16H14ClFN2O. The minimum atomic E-state index is -0.381. The molecule has 0 spiro atoms. The van der Waals surface area contributed by atoms with Gasteiger partial charge in [-0.25, -0.2) is 4.39 Å². The number of fused-ring (bicyclic) bond motifs is 1. The Balaban J connectivity index is 1.98. The standard InChI is InChI=1S/C16H14ClFN2O/c17-14-7-13(18)6-5-12(14)10-20-15-4-2-1-3-11(15)8-19-9-16(20)21/h1-7,19H,8-10H2. The normalized spacial score (nSPS) is 14.8. The Kier molecular flexibility index (Phi) is 3.90. The van der Waals surface area contributed by atoms with Crippen LogP contribution in [-0.4, -0.2) is 12.5 Å². The molecule has 0 atom stereocenters. The van der Waals surface area contributed by atoms with Gasteiger partial charge in [-0.05, 0) is 29.3 Å². The van der Waals surface area contributed by atoms with Crippen LogP contribution in [0, 0.1) is 5.82 Å². The van der Waals surface area contributed by atoms with Gasteiger partial charge in [0.05, 0.1) is 13.1 Å². The maximum Gasteiger partial charge on any atom is 0.241 e. The molecule has 3 rings (SSSR count). The lowest BCUT2D eigenvalue weighted by atomic mass is 10.1. The van der Waals surface area contributed by atoms with Crippen LogP contribution in [0.2, 0.25) is 5.02 Å². The number of nitrogens with zero attached hydrogens (tertiary/aromatic N) is 1. The summed E-state index contributed by atoms with van der Waals surface area (Å²) in [7, 11) is 0. The SMILES string of the molecule is O=C1CNCc2ccccc2N1Cc1ccc(F)cc1Cl. The first-order valence-corrected chi connectivity index (χ1v) is 7.06. The number of rotatable bonds is 2. The van der Waals surface area contributed by atoms with E-state index in [2.05, 4.69) is 5.32 Å². The molecule has 2 aromatic rings. The van der Waals surface area contributed by atoms with E-state index in [9.17, 15) is 9.18 Å². The fourth-order valence-electron chi connectivity index (χ4n) is 2.45. The lowest BCUT2D eigenvalue weighted by molar-refractivity contribution is -0.117. The molecule has 0 saturated heterocycles. The Labute approximate surface area is 127 Å². The van der Waals surface area contributed by atoms with Crippen LogP contribution in [0.3, 0.4) is 0 Å². The highest BCUT2D eigenvalue weighted by molar-refractivity contribution is 6.31. The Morgan fingerprint density at radius 3 is 2.81 bits per heavy atom. The highest BCUT2D eigenvalue weighted by atomic mass is 35.5. The van der Waals surface area contributed by atoms with Gasteiger partial charge in [-0.2, -0.15) is 0 Å². The summed E-state index contributed by atoms with van der Waals surface area (Å²) in [5.74, 6) is -0.409. The minimum absolute atomic E-state index is 0.0275. The lowest BCUT2D eigenvalue weighted by Crippen LogP contribution is -2.35. The summed E-state index contributed by atoms with van der Waals surface area (Å²) >= 11 is 6.07. The van der Waals surface area contributed by atoms with Crippen molar-refractivity contribution < 1.29 is 9.18 Å². The highest BCUT2D eigenvalue weighted by Gasteiger charge is 2.22. The van der Waals surface area contributed by atoms with Gasteiger partial charge >= 0.3 is 0 Å². The zero-order valence-corrected chi connectivity index (χ0v) is 12.0. The molecule has 21 heavy (non-hydrogen) atoms.